The van der Waals surface area contributed by atoms with Crippen LogP contribution in [-0.4, -0.2) is 47.7 Å². The number of piperidine rings is 1. The molecule has 2 aromatic rings. The van der Waals surface area contributed by atoms with Crippen molar-refractivity contribution < 1.29 is 14.8 Å². The van der Waals surface area contributed by atoms with Gasteiger partial charge in [0.25, 0.3) is 6.20 Å². The molecular formula is C25H33ClN4O4. The van der Waals surface area contributed by atoms with Crippen LogP contribution in [0.15, 0.2) is 60.6 Å². The van der Waals surface area contributed by atoms with E-state index in [2.05, 4.69) is 27.7 Å². The molecule has 0 aromatic heterocycles. The zero-order chi connectivity index (χ0) is 24.2. The summed E-state index contributed by atoms with van der Waals surface area (Å²) in [5.74, 6) is 1.07. The molecule has 3 N–H and O–H groups in total. The summed E-state index contributed by atoms with van der Waals surface area (Å²) in [5.41, 5.74) is 1.92. The molecule has 0 aliphatic carbocycles. The molecule has 1 unspecified atom stereocenters. The van der Waals surface area contributed by atoms with Crippen molar-refractivity contribution in [2.75, 3.05) is 32.8 Å². The summed E-state index contributed by atoms with van der Waals surface area (Å²) >= 11 is 5.87. The van der Waals surface area contributed by atoms with E-state index in [0.717, 1.165) is 31.6 Å². The van der Waals surface area contributed by atoms with Gasteiger partial charge in [-0.15, -0.1) is 0 Å². The van der Waals surface area contributed by atoms with Crippen LogP contribution in [0.3, 0.4) is 0 Å². The van der Waals surface area contributed by atoms with E-state index < -0.39 is 11.0 Å². The topological polar surface area (TPSA) is 99.9 Å². The number of nitrogens with one attached hydrogen (secondary N) is 2. The summed E-state index contributed by atoms with van der Waals surface area (Å²) in [6.45, 7) is 4.34. The molecule has 1 atom stereocenters. The number of benzene rings is 2. The van der Waals surface area contributed by atoms with Crippen molar-refractivity contribution in [3.05, 3.63) is 86.8 Å². The molecule has 3 rings (SSSR count). The molecular weight excluding hydrogens is 456 g/mol. The fourth-order valence-electron chi connectivity index (χ4n) is 3.86. The van der Waals surface area contributed by atoms with Crippen molar-refractivity contribution in [2.45, 2.75) is 38.3 Å². The van der Waals surface area contributed by atoms with Crippen molar-refractivity contribution >= 4 is 11.6 Å². The minimum Gasteiger partial charge on any atom is -0.494 e. The van der Waals surface area contributed by atoms with Crippen molar-refractivity contribution in [3.63, 3.8) is 0 Å². The molecule has 0 amide bonds. The average molecular weight is 489 g/mol. The van der Waals surface area contributed by atoms with Crippen LogP contribution in [0, 0.1) is 10.1 Å². The molecule has 184 valence electrons. The van der Waals surface area contributed by atoms with Gasteiger partial charge in [-0.3, -0.25) is 15.0 Å². The molecule has 9 heteroatoms. The molecule has 0 bridgehead atoms. The number of halogens is 1. The summed E-state index contributed by atoms with van der Waals surface area (Å²) in [7, 11) is 0. The Labute approximate surface area is 205 Å². The van der Waals surface area contributed by atoms with Gasteiger partial charge in [-0.25, -0.2) is 0 Å². The Bertz CT molecular complexity index is 933. The molecule has 2 aromatic carbocycles. The minimum atomic E-state index is -0.824. The van der Waals surface area contributed by atoms with E-state index >= 15 is 0 Å². The first-order chi connectivity index (χ1) is 16.5. The summed E-state index contributed by atoms with van der Waals surface area (Å²) in [5, 5.41) is 27.7. The van der Waals surface area contributed by atoms with Crippen LogP contribution in [0.5, 0.6) is 5.75 Å². The highest BCUT2D eigenvalue weighted by molar-refractivity contribution is 6.30. The lowest BCUT2D eigenvalue weighted by Crippen LogP contribution is -2.31. The number of hydrogen-bond donors (Lipinski definition) is 3. The van der Waals surface area contributed by atoms with Crippen LogP contribution in [0.1, 0.15) is 42.9 Å². The van der Waals surface area contributed by atoms with Gasteiger partial charge in [0.2, 0.25) is 0 Å². The van der Waals surface area contributed by atoms with Gasteiger partial charge in [0, 0.05) is 24.7 Å². The van der Waals surface area contributed by atoms with Gasteiger partial charge in [0.15, 0.2) is 5.82 Å². The van der Waals surface area contributed by atoms with E-state index in [0.29, 0.717) is 30.2 Å². The van der Waals surface area contributed by atoms with Crippen molar-refractivity contribution in [2.24, 2.45) is 0 Å². The molecule has 0 radical (unpaired) electrons. The van der Waals surface area contributed by atoms with Crippen LogP contribution < -0.4 is 15.4 Å². The summed E-state index contributed by atoms with van der Waals surface area (Å²) in [4.78, 5) is 12.9. The summed E-state index contributed by atoms with van der Waals surface area (Å²) < 4.78 is 5.88. The number of nitro groups is 1. The molecule has 34 heavy (non-hydrogen) atoms. The van der Waals surface area contributed by atoms with E-state index in [-0.39, 0.29) is 12.4 Å². The van der Waals surface area contributed by atoms with E-state index in [1.807, 2.05) is 12.1 Å². The minimum absolute atomic E-state index is 0.120. The predicted octanol–water partition coefficient (Wildman–Crippen LogP) is 4.08. The number of nitrogens with zero attached hydrogens (tertiary/aromatic N) is 2. The molecule has 0 saturated carbocycles. The maximum Gasteiger partial charge on any atom is 0.274 e. The molecule has 1 saturated heterocycles. The second kappa shape index (κ2) is 13.8. The number of hydrogen-bond acceptors (Lipinski definition) is 7. The standard InChI is InChI=1S/C25H33ClN4O4/c26-22-10-8-21(9-11-22)24(31)17-28-25(19-30(32)33)27-12-5-15-34-23-7-4-6-20(16-23)18-29-13-2-1-3-14-29/h4,6-11,16,19,24,27-28,31H,1-3,5,12-15,17-18H2. The van der Waals surface area contributed by atoms with Gasteiger partial charge >= 0.3 is 0 Å². The maximum absolute atomic E-state index is 11.0. The van der Waals surface area contributed by atoms with E-state index in [9.17, 15) is 15.2 Å². The lowest BCUT2D eigenvalue weighted by molar-refractivity contribution is -0.404. The number of rotatable bonds is 13. The van der Waals surface area contributed by atoms with Gasteiger partial charge in [-0.05, 0) is 67.7 Å². The Morgan fingerprint density at radius 1 is 1.18 bits per heavy atom. The largest absolute Gasteiger partial charge is 0.494 e. The first-order valence-electron chi connectivity index (χ1n) is 11.7. The van der Waals surface area contributed by atoms with Crippen LogP contribution >= 0.6 is 11.6 Å². The van der Waals surface area contributed by atoms with Crippen LogP contribution in [0.4, 0.5) is 0 Å². The number of aliphatic hydroxyl groups is 1. The first-order valence-corrected chi connectivity index (χ1v) is 12.1. The van der Waals surface area contributed by atoms with Gasteiger partial charge in [-0.2, -0.15) is 0 Å². The summed E-state index contributed by atoms with van der Waals surface area (Å²) in [6.07, 6.45) is 4.56. The Hall–Kier alpha value is -2.81. The second-order valence-corrected chi connectivity index (χ2v) is 8.83. The first kappa shape index (κ1) is 25.8. The van der Waals surface area contributed by atoms with E-state index in [1.165, 1.54) is 24.8 Å². The second-order valence-electron chi connectivity index (χ2n) is 8.39. The Morgan fingerprint density at radius 2 is 1.94 bits per heavy atom. The molecule has 1 aliphatic heterocycles. The highest BCUT2D eigenvalue weighted by Crippen LogP contribution is 2.18. The van der Waals surface area contributed by atoms with Crippen molar-refractivity contribution in [1.82, 2.24) is 15.5 Å². The fourth-order valence-corrected chi connectivity index (χ4v) is 3.99. The molecule has 1 fully saturated rings. The van der Waals surface area contributed by atoms with Gasteiger partial charge < -0.3 is 20.5 Å². The molecule has 1 heterocycles. The van der Waals surface area contributed by atoms with Crippen LogP contribution in [0.2, 0.25) is 5.02 Å². The monoisotopic (exact) mass is 488 g/mol. The third-order valence-electron chi connectivity index (χ3n) is 5.63. The normalized spacial score (nSPS) is 15.5. The smallest absolute Gasteiger partial charge is 0.274 e. The highest BCUT2D eigenvalue weighted by atomic mass is 35.5. The number of aliphatic hydroxyl groups excluding tert-OH is 1. The van der Waals surface area contributed by atoms with Crippen molar-refractivity contribution in [3.8, 4) is 5.75 Å². The lowest BCUT2D eigenvalue weighted by atomic mass is 10.1. The Morgan fingerprint density at radius 3 is 2.68 bits per heavy atom. The van der Waals surface area contributed by atoms with Gasteiger partial charge in [-0.1, -0.05) is 42.3 Å². The molecule has 1 aliphatic rings. The molecule has 8 nitrogen and oxygen atoms in total. The maximum atomic E-state index is 11.0. The zero-order valence-electron chi connectivity index (χ0n) is 19.3. The third-order valence-corrected chi connectivity index (χ3v) is 5.89. The van der Waals surface area contributed by atoms with Crippen LogP contribution in [0.25, 0.3) is 0 Å². The zero-order valence-corrected chi connectivity index (χ0v) is 20.0. The quantitative estimate of drug-likeness (QED) is 0.222. The predicted molar refractivity (Wildman–Crippen MR) is 133 cm³/mol. The van der Waals surface area contributed by atoms with Gasteiger partial charge in [0.05, 0.1) is 17.6 Å². The summed E-state index contributed by atoms with van der Waals surface area (Å²) in [6, 6.07) is 15.0. The lowest BCUT2D eigenvalue weighted by Gasteiger charge is -2.26. The van der Waals surface area contributed by atoms with E-state index in [4.69, 9.17) is 16.3 Å². The van der Waals surface area contributed by atoms with Crippen molar-refractivity contribution in [1.29, 1.82) is 0 Å². The van der Waals surface area contributed by atoms with Gasteiger partial charge in [0.1, 0.15) is 5.75 Å². The number of ether oxygens (including phenoxy) is 1. The highest BCUT2D eigenvalue weighted by Gasteiger charge is 2.11. The average Bonchev–Trinajstić information content (AvgIpc) is 2.83. The van der Waals surface area contributed by atoms with Crippen LogP contribution in [-0.2, 0) is 6.54 Å². The fraction of sp³-hybridized carbons (Fsp3) is 0.440. The Kier molecular flexibility index (Phi) is 10.5. The SMILES string of the molecule is O=[N+]([O-])C=C(NCCCOc1cccc(CN2CCCCC2)c1)NCC(O)c1ccc(Cl)cc1. The third kappa shape index (κ3) is 9.21. The Balaban J connectivity index is 1.39. The molecule has 0 spiro atoms. The number of likely N-dealkylation sites (tertiary alicyclic amines) is 1. The van der Waals surface area contributed by atoms with E-state index in [1.54, 1.807) is 24.3 Å².